The fraction of sp³-hybridized carbons (Fsp3) is 0.600. The molecule has 2 aliphatic heterocycles. The second kappa shape index (κ2) is 6.89. The average molecular weight is 375 g/mol. The Labute approximate surface area is 142 Å². The second-order valence-corrected chi connectivity index (χ2v) is 10.1. The highest BCUT2D eigenvalue weighted by atomic mass is 32.2. The Kier molecular flexibility index (Phi) is 5.03. The summed E-state index contributed by atoms with van der Waals surface area (Å²) in [5, 5.41) is 0. The van der Waals surface area contributed by atoms with Gasteiger partial charge in [0.1, 0.15) is 13.2 Å². The van der Waals surface area contributed by atoms with Crippen LogP contribution in [0.5, 0.6) is 11.5 Å². The minimum absolute atomic E-state index is 0.134. The zero-order valence-corrected chi connectivity index (χ0v) is 14.9. The van der Waals surface area contributed by atoms with Crippen molar-refractivity contribution in [2.75, 3.05) is 31.3 Å². The summed E-state index contributed by atoms with van der Waals surface area (Å²) in [7, 11) is -6.49. The molecule has 1 unspecified atom stereocenters. The van der Waals surface area contributed by atoms with Crippen LogP contribution in [0.15, 0.2) is 23.1 Å². The molecule has 0 radical (unpaired) electrons. The van der Waals surface area contributed by atoms with Crippen LogP contribution in [0.2, 0.25) is 0 Å². The molecule has 0 aliphatic carbocycles. The van der Waals surface area contributed by atoms with Crippen LogP contribution in [0.1, 0.15) is 19.3 Å². The van der Waals surface area contributed by atoms with Crippen LogP contribution in [0.4, 0.5) is 0 Å². The normalized spacial score (nSPS) is 22.4. The number of rotatable bonds is 6. The summed E-state index contributed by atoms with van der Waals surface area (Å²) in [5.74, 6) is 1.60. The molecule has 2 heterocycles. The quantitative estimate of drug-likeness (QED) is 0.744. The third-order valence-electron chi connectivity index (χ3n) is 4.23. The van der Waals surface area contributed by atoms with E-state index in [0.29, 0.717) is 44.0 Å². The Balaban J connectivity index is 1.53. The van der Waals surface area contributed by atoms with Crippen molar-refractivity contribution in [3.63, 3.8) is 0 Å². The van der Waals surface area contributed by atoms with Gasteiger partial charge in [-0.05, 0) is 37.3 Å². The fourth-order valence-electron chi connectivity index (χ4n) is 2.97. The minimum atomic E-state index is -3.62. The van der Waals surface area contributed by atoms with Gasteiger partial charge < -0.3 is 9.47 Å². The number of hydrogen-bond acceptors (Lipinski definition) is 6. The Bertz CT molecular complexity index is 803. The summed E-state index contributed by atoms with van der Waals surface area (Å²) in [6.45, 7) is 1.13. The molecular formula is C15H21NO6S2. The van der Waals surface area contributed by atoms with Gasteiger partial charge in [-0.25, -0.2) is 21.6 Å². The van der Waals surface area contributed by atoms with Crippen LogP contribution < -0.4 is 14.2 Å². The first-order valence-corrected chi connectivity index (χ1v) is 11.3. The van der Waals surface area contributed by atoms with Gasteiger partial charge in [0.2, 0.25) is 10.0 Å². The first-order valence-electron chi connectivity index (χ1n) is 7.95. The van der Waals surface area contributed by atoms with E-state index in [4.69, 9.17) is 9.47 Å². The van der Waals surface area contributed by atoms with E-state index in [2.05, 4.69) is 4.72 Å². The molecule has 0 spiro atoms. The van der Waals surface area contributed by atoms with Crippen LogP contribution in [0, 0.1) is 5.92 Å². The first-order chi connectivity index (χ1) is 11.4. The molecule has 1 aromatic carbocycles. The lowest BCUT2D eigenvalue weighted by Gasteiger charge is -2.19. The predicted molar refractivity (Wildman–Crippen MR) is 88.6 cm³/mol. The summed E-state index contributed by atoms with van der Waals surface area (Å²) in [6.07, 6.45) is 2.00. The lowest BCUT2D eigenvalue weighted by atomic mass is 10.0. The molecule has 1 atom stereocenters. The molecule has 9 heteroatoms. The summed E-state index contributed by atoms with van der Waals surface area (Å²) >= 11 is 0. The highest BCUT2D eigenvalue weighted by Crippen LogP contribution is 2.32. The number of hydrogen-bond donors (Lipinski definition) is 1. The Morgan fingerprint density at radius 3 is 2.62 bits per heavy atom. The number of sulfone groups is 1. The molecule has 7 nitrogen and oxygen atoms in total. The standard InChI is InChI=1S/C15H21NO6S2/c17-23(18)9-5-12(11-23)2-1-6-16-24(19,20)13-3-4-14-15(10-13)22-8-7-21-14/h3-4,10,12,16H,1-2,5-9,11H2. The van der Waals surface area contributed by atoms with Crippen molar-refractivity contribution in [1.29, 1.82) is 0 Å². The van der Waals surface area contributed by atoms with Crippen LogP contribution in [0.25, 0.3) is 0 Å². The largest absolute Gasteiger partial charge is 0.486 e. The summed E-state index contributed by atoms with van der Waals surface area (Å²) in [4.78, 5) is 0.134. The van der Waals surface area contributed by atoms with Gasteiger partial charge in [0.05, 0.1) is 16.4 Å². The van der Waals surface area contributed by atoms with Crippen LogP contribution in [-0.4, -0.2) is 48.1 Å². The summed E-state index contributed by atoms with van der Waals surface area (Å²) in [6, 6.07) is 4.53. The lowest BCUT2D eigenvalue weighted by molar-refractivity contribution is 0.171. The third-order valence-corrected chi connectivity index (χ3v) is 7.53. The first kappa shape index (κ1) is 17.5. The molecule has 0 bridgehead atoms. The van der Waals surface area contributed by atoms with Crippen molar-refractivity contribution in [3.8, 4) is 11.5 Å². The molecule has 1 fully saturated rings. The molecule has 1 N–H and O–H groups in total. The number of ether oxygens (including phenoxy) is 2. The molecule has 3 rings (SSSR count). The van der Waals surface area contributed by atoms with E-state index >= 15 is 0 Å². The Hall–Kier alpha value is -1.32. The van der Waals surface area contributed by atoms with Crippen LogP contribution in [0.3, 0.4) is 0 Å². The Morgan fingerprint density at radius 2 is 1.92 bits per heavy atom. The minimum Gasteiger partial charge on any atom is -0.486 e. The highest BCUT2D eigenvalue weighted by molar-refractivity contribution is 7.91. The average Bonchev–Trinajstić information content (AvgIpc) is 2.90. The SMILES string of the molecule is O=S1(=O)CCC(CCCNS(=O)(=O)c2ccc3c(c2)OCCO3)C1. The van der Waals surface area contributed by atoms with Crippen molar-refractivity contribution in [2.45, 2.75) is 24.2 Å². The van der Waals surface area contributed by atoms with Gasteiger partial charge in [-0.3, -0.25) is 0 Å². The third kappa shape index (κ3) is 4.20. The van der Waals surface area contributed by atoms with Gasteiger partial charge in [-0.1, -0.05) is 0 Å². The van der Waals surface area contributed by atoms with E-state index in [9.17, 15) is 16.8 Å². The van der Waals surface area contributed by atoms with E-state index < -0.39 is 19.9 Å². The van der Waals surface area contributed by atoms with E-state index in [1.165, 1.54) is 12.1 Å². The molecule has 1 saturated heterocycles. The Morgan fingerprint density at radius 1 is 1.17 bits per heavy atom. The number of fused-ring (bicyclic) bond motifs is 1. The van der Waals surface area contributed by atoms with Gasteiger partial charge in [0.15, 0.2) is 21.3 Å². The second-order valence-electron chi connectivity index (χ2n) is 6.11. The smallest absolute Gasteiger partial charge is 0.240 e. The molecule has 0 aromatic heterocycles. The topological polar surface area (TPSA) is 98.8 Å². The van der Waals surface area contributed by atoms with E-state index in [1.807, 2.05) is 0 Å². The van der Waals surface area contributed by atoms with Crippen molar-refractivity contribution < 1.29 is 26.3 Å². The monoisotopic (exact) mass is 375 g/mol. The van der Waals surface area contributed by atoms with Crippen molar-refractivity contribution in [1.82, 2.24) is 4.72 Å². The summed E-state index contributed by atoms with van der Waals surface area (Å²) in [5.41, 5.74) is 0. The maximum atomic E-state index is 12.3. The zero-order valence-electron chi connectivity index (χ0n) is 13.2. The molecule has 134 valence electrons. The van der Waals surface area contributed by atoms with Gasteiger partial charge in [-0.15, -0.1) is 0 Å². The van der Waals surface area contributed by atoms with Gasteiger partial charge >= 0.3 is 0 Å². The maximum absolute atomic E-state index is 12.3. The zero-order chi connectivity index (χ0) is 17.2. The van der Waals surface area contributed by atoms with Crippen molar-refractivity contribution >= 4 is 19.9 Å². The molecular weight excluding hydrogens is 354 g/mol. The number of sulfonamides is 1. The highest BCUT2D eigenvalue weighted by Gasteiger charge is 2.27. The van der Waals surface area contributed by atoms with Crippen LogP contribution >= 0.6 is 0 Å². The van der Waals surface area contributed by atoms with Crippen LogP contribution in [-0.2, 0) is 19.9 Å². The molecule has 0 saturated carbocycles. The van der Waals surface area contributed by atoms with E-state index in [1.54, 1.807) is 6.07 Å². The van der Waals surface area contributed by atoms with E-state index in [-0.39, 0.29) is 28.9 Å². The molecule has 24 heavy (non-hydrogen) atoms. The van der Waals surface area contributed by atoms with Crippen molar-refractivity contribution in [2.24, 2.45) is 5.92 Å². The molecule has 0 amide bonds. The lowest BCUT2D eigenvalue weighted by Crippen LogP contribution is -2.25. The fourth-order valence-corrected chi connectivity index (χ4v) is 5.97. The number of benzene rings is 1. The molecule has 1 aromatic rings. The van der Waals surface area contributed by atoms with E-state index in [0.717, 1.165) is 0 Å². The van der Waals surface area contributed by atoms with Crippen molar-refractivity contribution in [3.05, 3.63) is 18.2 Å². The predicted octanol–water partition coefficient (Wildman–Crippen LogP) is 0.951. The van der Waals surface area contributed by atoms with Gasteiger partial charge in [-0.2, -0.15) is 0 Å². The number of nitrogens with one attached hydrogen (secondary N) is 1. The van der Waals surface area contributed by atoms with Gasteiger partial charge in [0.25, 0.3) is 0 Å². The maximum Gasteiger partial charge on any atom is 0.240 e. The van der Waals surface area contributed by atoms with Gasteiger partial charge in [0, 0.05) is 12.6 Å². The summed E-state index contributed by atoms with van der Waals surface area (Å²) < 4.78 is 60.8. The molecule has 2 aliphatic rings.